The minimum atomic E-state index is -0.735. The number of nitrogens with zero attached hydrogens (tertiary/aromatic N) is 2. The van der Waals surface area contributed by atoms with Gasteiger partial charge < -0.3 is 4.90 Å². The maximum absolute atomic E-state index is 13.8. The molecule has 3 aliphatic rings. The molecule has 2 fully saturated rings. The van der Waals surface area contributed by atoms with E-state index in [1.54, 1.807) is 24.3 Å². The molecule has 4 atom stereocenters. The topological polar surface area (TPSA) is 57.7 Å². The number of hydrogen-bond donors (Lipinski definition) is 0. The molecule has 6 heteroatoms. The van der Waals surface area contributed by atoms with E-state index >= 15 is 0 Å². The fraction of sp³-hybridized carbons (Fsp3) is 0.370. The Bertz CT molecular complexity index is 1220. The van der Waals surface area contributed by atoms with Gasteiger partial charge in [0.15, 0.2) is 5.78 Å². The molecule has 0 aliphatic carbocycles. The SMILES string of the molecule is CC1=C[C@@H]2[C@@H]3C(=O)N(c4ccc(Cl)cc4)C(=O)[C@H]3[C@@H](C(=O)C(C)(C)C)N2c2ccc(C)cc21. The average molecular weight is 463 g/mol. The number of anilines is 2. The van der Waals surface area contributed by atoms with Crippen LogP contribution in [0.25, 0.3) is 5.57 Å². The minimum Gasteiger partial charge on any atom is -0.353 e. The molecule has 170 valence electrons. The van der Waals surface area contributed by atoms with Crippen molar-refractivity contribution in [1.82, 2.24) is 0 Å². The number of ketones is 1. The quantitative estimate of drug-likeness (QED) is 0.586. The lowest BCUT2D eigenvalue weighted by Gasteiger charge is -2.39. The Hall–Kier alpha value is -2.92. The third kappa shape index (κ3) is 3.17. The summed E-state index contributed by atoms with van der Waals surface area (Å²) in [5, 5.41) is 0.530. The van der Waals surface area contributed by atoms with E-state index in [1.807, 2.05) is 51.7 Å². The van der Waals surface area contributed by atoms with Crippen molar-refractivity contribution in [2.24, 2.45) is 17.3 Å². The van der Waals surface area contributed by atoms with E-state index in [0.29, 0.717) is 10.7 Å². The molecule has 0 aromatic heterocycles. The van der Waals surface area contributed by atoms with E-state index in [4.69, 9.17) is 11.6 Å². The Morgan fingerprint density at radius 1 is 0.939 bits per heavy atom. The Kier molecular flexibility index (Phi) is 4.84. The van der Waals surface area contributed by atoms with E-state index in [-0.39, 0.29) is 23.6 Å². The molecular weight excluding hydrogens is 436 g/mol. The Balaban J connectivity index is 1.68. The largest absolute Gasteiger partial charge is 0.353 e. The zero-order valence-electron chi connectivity index (χ0n) is 19.4. The molecule has 5 nitrogen and oxygen atoms in total. The lowest BCUT2D eigenvalue weighted by Crippen LogP contribution is -2.51. The second kappa shape index (κ2) is 7.29. The van der Waals surface area contributed by atoms with Gasteiger partial charge in [0, 0.05) is 21.7 Å². The molecule has 3 heterocycles. The molecule has 2 saturated heterocycles. The van der Waals surface area contributed by atoms with E-state index < -0.39 is 23.3 Å². The maximum atomic E-state index is 13.8. The van der Waals surface area contributed by atoms with Crippen molar-refractivity contribution in [2.75, 3.05) is 9.80 Å². The molecule has 3 aliphatic heterocycles. The van der Waals surface area contributed by atoms with Crippen LogP contribution >= 0.6 is 11.6 Å². The molecule has 0 spiro atoms. The lowest BCUT2D eigenvalue weighted by molar-refractivity contribution is -0.132. The molecule has 0 saturated carbocycles. The number of allylic oxidation sites excluding steroid dienone is 1. The highest BCUT2D eigenvalue weighted by Gasteiger charge is 2.65. The van der Waals surface area contributed by atoms with Crippen molar-refractivity contribution in [3.05, 3.63) is 64.7 Å². The standard InChI is InChI=1S/C27H27ClN2O3/c1-14-6-11-19-18(12-14)15(2)13-20-21-22(23(30(19)20)24(31)27(3,4)5)26(33)29(25(21)32)17-9-7-16(28)8-10-17/h6-13,20-23H,1-5H3/t20-,21+,22-,23+/m1/s1. The Morgan fingerprint density at radius 3 is 2.21 bits per heavy atom. The molecule has 0 unspecified atom stereocenters. The zero-order valence-corrected chi connectivity index (χ0v) is 20.2. The van der Waals surface area contributed by atoms with Gasteiger partial charge in [-0.15, -0.1) is 0 Å². The summed E-state index contributed by atoms with van der Waals surface area (Å²) in [6.07, 6.45) is 2.06. The highest BCUT2D eigenvalue weighted by Crippen LogP contribution is 2.51. The van der Waals surface area contributed by atoms with Gasteiger partial charge in [0.25, 0.3) is 0 Å². The van der Waals surface area contributed by atoms with Gasteiger partial charge in [-0.25, -0.2) is 4.90 Å². The van der Waals surface area contributed by atoms with Gasteiger partial charge in [-0.1, -0.05) is 50.1 Å². The maximum Gasteiger partial charge on any atom is 0.240 e. The van der Waals surface area contributed by atoms with Crippen LogP contribution in [-0.4, -0.2) is 29.7 Å². The number of amides is 2. The van der Waals surface area contributed by atoms with Crippen LogP contribution in [0.2, 0.25) is 5.02 Å². The van der Waals surface area contributed by atoms with Gasteiger partial charge in [-0.05, 0) is 55.8 Å². The van der Waals surface area contributed by atoms with Crippen LogP contribution < -0.4 is 9.80 Å². The minimum absolute atomic E-state index is 0.0291. The summed E-state index contributed by atoms with van der Waals surface area (Å²) < 4.78 is 0. The highest BCUT2D eigenvalue weighted by molar-refractivity contribution is 6.31. The molecule has 2 aromatic rings. The summed E-state index contributed by atoms with van der Waals surface area (Å²) in [7, 11) is 0. The number of Topliss-reactive ketones (excluding diaryl/α,β-unsaturated/α-hetero) is 1. The summed E-state index contributed by atoms with van der Waals surface area (Å²) in [5.74, 6) is -1.95. The van der Waals surface area contributed by atoms with E-state index in [0.717, 1.165) is 22.4 Å². The number of carbonyl (C=O) groups excluding carboxylic acids is 3. The molecular formula is C27H27ClN2O3. The molecule has 0 radical (unpaired) electrons. The van der Waals surface area contributed by atoms with Crippen molar-refractivity contribution in [3.8, 4) is 0 Å². The van der Waals surface area contributed by atoms with Crippen LogP contribution in [0, 0.1) is 24.2 Å². The zero-order chi connectivity index (χ0) is 23.8. The van der Waals surface area contributed by atoms with E-state index in [2.05, 4.69) is 12.1 Å². The summed E-state index contributed by atoms with van der Waals surface area (Å²) in [6, 6.07) is 11.8. The Morgan fingerprint density at radius 2 is 1.58 bits per heavy atom. The van der Waals surface area contributed by atoms with Crippen molar-refractivity contribution in [3.63, 3.8) is 0 Å². The predicted octanol–water partition coefficient (Wildman–Crippen LogP) is 5.04. The van der Waals surface area contributed by atoms with Gasteiger partial charge in [-0.2, -0.15) is 0 Å². The number of imide groups is 1. The first-order valence-corrected chi connectivity index (χ1v) is 11.6. The number of halogens is 1. The van der Waals surface area contributed by atoms with Crippen LogP contribution in [-0.2, 0) is 14.4 Å². The number of fused-ring (bicyclic) bond motifs is 5. The number of aryl methyl sites for hydroxylation is 1. The van der Waals surface area contributed by atoms with Crippen molar-refractivity contribution >= 4 is 46.1 Å². The van der Waals surface area contributed by atoms with Crippen molar-refractivity contribution < 1.29 is 14.4 Å². The van der Waals surface area contributed by atoms with Crippen LogP contribution in [0.5, 0.6) is 0 Å². The van der Waals surface area contributed by atoms with Gasteiger partial charge in [0.2, 0.25) is 11.8 Å². The summed E-state index contributed by atoms with van der Waals surface area (Å²) in [5.41, 5.74) is 3.97. The third-order valence-electron chi connectivity index (χ3n) is 7.10. The fourth-order valence-corrected chi connectivity index (χ4v) is 5.67. The lowest BCUT2D eigenvalue weighted by atomic mass is 9.79. The predicted molar refractivity (Wildman–Crippen MR) is 130 cm³/mol. The molecule has 2 amide bonds. The van der Waals surface area contributed by atoms with Gasteiger partial charge >= 0.3 is 0 Å². The highest BCUT2D eigenvalue weighted by atomic mass is 35.5. The number of rotatable bonds is 2. The molecule has 2 aromatic carbocycles. The van der Waals surface area contributed by atoms with Crippen molar-refractivity contribution in [1.29, 1.82) is 0 Å². The van der Waals surface area contributed by atoms with E-state index in [9.17, 15) is 14.4 Å². The molecule has 0 N–H and O–H groups in total. The second-order valence-electron chi connectivity index (χ2n) is 10.4. The van der Waals surface area contributed by atoms with Crippen LogP contribution in [0.3, 0.4) is 0 Å². The third-order valence-corrected chi connectivity index (χ3v) is 7.35. The first-order valence-electron chi connectivity index (χ1n) is 11.3. The van der Waals surface area contributed by atoms with Crippen LogP contribution in [0.4, 0.5) is 11.4 Å². The molecule has 33 heavy (non-hydrogen) atoms. The first-order chi connectivity index (χ1) is 15.5. The Labute approximate surface area is 199 Å². The monoisotopic (exact) mass is 462 g/mol. The number of benzene rings is 2. The van der Waals surface area contributed by atoms with Crippen LogP contribution in [0.1, 0.15) is 38.8 Å². The average Bonchev–Trinajstić information content (AvgIpc) is 3.21. The first kappa shape index (κ1) is 21.9. The second-order valence-corrected chi connectivity index (χ2v) is 10.8. The molecule has 0 bridgehead atoms. The van der Waals surface area contributed by atoms with Gasteiger partial charge in [0.1, 0.15) is 6.04 Å². The van der Waals surface area contributed by atoms with E-state index in [1.165, 1.54) is 4.90 Å². The smallest absolute Gasteiger partial charge is 0.240 e. The summed E-state index contributed by atoms with van der Waals surface area (Å²) in [4.78, 5) is 44.6. The van der Waals surface area contributed by atoms with Gasteiger partial charge in [0.05, 0.1) is 23.6 Å². The van der Waals surface area contributed by atoms with Gasteiger partial charge in [-0.3, -0.25) is 14.4 Å². The summed E-state index contributed by atoms with van der Waals surface area (Å²) in [6.45, 7) is 9.68. The molecule has 5 rings (SSSR count). The van der Waals surface area contributed by atoms with Crippen molar-refractivity contribution in [2.45, 2.75) is 46.7 Å². The number of hydrogen-bond acceptors (Lipinski definition) is 4. The number of carbonyl (C=O) groups is 3. The summed E-state index contributed by atoms with van der Waals surface area (Å²) >= 11 is 6.02. The van der Waals surface area contributed by atoms with Crippen LogP contribution in [0.15, 0.2) is 48.5 Å². The fourth-order valence-electron chi connectivity index (χ4n) is 5.54. The normalized spacial score (nSPS) is 26.2.